The number of hydrogen-bond acceptors (Lipinski definition) is 3. The predicted octanol–water partition coefficient (Wildman–Crippen LogP) is 1.58. The molecule has 0 bridgehead atoms. The number of carbonyl (C=O) groups excluding carboxylic acids is 1. The van der Waals surface area contributed by atoms with Crippen LogP contribution in [0.2, 0.25) is 0 Å². The van der Waals surface area contributed by atoms with E-state index in [0.717, 1.165) is 7.11 Å². The molecular formula is C9H9FO3. The summed E-state index contributed by atoms with van der Waals surface area (Å²) in [5.41, 5.74) is 0.0897. The van der Waals surface area contributed by atoms with Gasteiger partial charge in [0.25, 0.3) is 0 Å². The van der Waals surface area contributed by atoms with Crippen LogP contribution in [0.25, 0.3) is 0 Å². The van der Waals surface area contributed by atoms with Gasteiger partial charge in [-0.05, 0) is 12.1 Å². The van der Waals surface area contributed by atoms with Crippen molar-refractivity contribution >= 4 is 5.97 Å². The van der Waals surface area contributed by atoms with Gasteiger partial charge < -0.3 is 9.84 Å². The first-order valence-corrected chi connectivity index (χ1v) is 3.66. The van der Waals surface area contributed by atoms with Crippen molar-refractivity contribution in [3.05, 3.63) is 29.8 Å². The van der Waals surface area contributed by atoms with Crippen molar-refractivity contribution in [3.63, 3.8) is 0 Å². The highest BCUT2D eigenvalue weighted by atomic mass is 19.1. The number of methoxy groups -OCH3 is 1. The Morgan fingerprint density at radius 3 is 2.85 bits per heavy atom. The van der Waals surface area contributed by atoms with Gasteiger partial charge in [0.2, 0.25) is 6.17 Å². The van der Waals surface area contributed by atoms with Crippen molar-refractivity contribution in [3.8, 4) is 5.75 Å². The number of phenolic OH excluding ortho intramolecular Hbond substituents is 1. The second-order valence-corrected chi connectivity index (χ2v) is 2.48. The van der Waals surface area contributed by atoms with Gasteiger partial charge in [-0.2, -0.15) is 0 Å². The van der Waals surface area contributed by atoms with Crippen molar-refractivity contribution in [2.75, 3.05) is 7.11 Å². The Balaban J connectivity index is 2.88. The zero-order valence-electron chi connectivity index (χ0n) is 7.03. The second-order valence-electron chi connectivity index (χ2n) is 2.48. The van der Waals surface area contributed by atoms with Crippen LogP contribution in [0.5, 0.6) is 5.75 Å². The molecule has 1 N–H and O–H groups in total. The first-order valence-electron chi connectivity index (χ1n) is 3.66. The number of rotatable bonds is 2. The number of hydrogen-bond donors (Lipinski definition) is 1. The number of halogens is 1. The highest BCUT2D eigenvalue weighted by Gasteiger charge is 2.20. The van der Waals surface area contributed by atoms with Crippen molar-refractivity contribution in [2.45, 2.75) is 6.17 Å². The van der Waals surface area contributed by atoms with Crippen LogP contribution in [0, 0.1) is 0 Å². The quantitative estimate of drug-likeness (QED) is 0.709. The number of phenols is 1. The molecule has 1 unspecified atom stereocenters. The molecule has 70 valence electrons. The molecule has 0 aliphatic carbocycles. The van der Waals surface area contributed by atoms with Gasteiger partial charge >= 0.3 is 5.97 Å². The molecule has 0 fully saturated rings. The first-order chi connectivity index (χ1) is 6.15. The average Bonchev–Trinajstić information content (AvgIpc) is 2.15. The minimum Gasteiger partial charge on any atom is -0.508 e. The minimum absolute atomic E-state index is 0.0796. The van der Waals surface area contributed by atoms with Gasteiger partial charge in [-0.1, -0.05) is 12.1 Å². The molecule has 0 aliphatic heterocycles. The fourth-order valence-corrected chi connectivity index (χ4v) is 0.922. The molecule has 3 nitrogen and oxygen atoms in total. The lowest BCUT2D eigenvalue weighted by Gasteiger charge is -2.05. The summed E-state index contributed by atoms with van der Waals surface area (Å²) >= 11 is 0. The number of alkyl halides is 1. The van der Waals surface area contributed by atoms with Gasteiger partial charge in [0, 0.05) is 5.56 Å². The molecule has 1 aromatic rings. The molecule has 13 heavy (non-hydrogen) atoms. The van der Waals surface area contributed by atoms with Gasteiger partial charge in [-0.25, -0.2) is 9.18 Å². The van der Waals surface area contributed by atoms with Crippen LogP contribution in [0.1, 0.15) is 11.7 Å². The zero-order chi connectivity index (χ0) is 9.84. The maximum Gasteiger partial charge on any atom is 0.345 e. The van der Waals surface area contributed by atoms with Crippen LogP contribution in [-0.4, -0.2) is 18.2 Å². The maximum absolute atomic E-state index is 13.1. The molecule has 0 aliphatic rings. The topological polar surface area (TPSA) is 46.5 Å². The van der Waals surface area contributed by atoms with Crippen molar-refractivity contribution in [2.24, 2.45) is 0 Å². The molecular weight excluding hydrogens is 175 g/mol. The van der Waals surface area contributed by atoms with Crippen molar-refractivity contribution in [1.82, 2.24) is 0 Å². The number of esters is 1. The normalized spacial score (nSPS) is 12.2. The minimum atomic E-state index is -1.84. The molecule has 0 spiro atoms. The molecule has 4 heteroatoms. The number of benzene rings is 1. The van der Waals surface area contributed by atoms with Crippen LogP contribution in [-0.2, 0) is 9.53 Å². The van der Waals surface area contributed by atoms with E-state index in [1.807, 2.05) is 0 Å². The van der Waals surface area contributed by atoms with E-state index in [2.05, 4.69) is 4.74 Å². The predicted molar refractivity (Wildman–Crippen MR) is 44.0 cm³/mol. The Morgan fingerprint density at radius 2 is 2.31 bits per heavy atom. The Hall–Kier alpha value is -1.58. The molecule has 1 rings (SSSR count). The molecule has 1 aromatic carbocycles. The van der Waals surface area contributed by atoms with Gasteiger partial charge in [-0.15, -0.1) is 0 Å². The smallest absolute Gasteiger partial charge is 0.345 e. The summed E-state index contributed by atoms with van der Waals surface area (Å²) in [5.74, 6) is -1.05. The SMILES string of the molecule is COC(=O)C(F)c1cccc(O)c1. The summed E-state index contributed by atoms with van der Waals surface area (Å²) in [4.78, 5) is 10.7. The third-order valence-corrected chi connectivity index (χ3v) is 1.57. The summed E-state index contributed by atoms with van der Waals surface area (Å²) in [7, 11) is 1.11. The molecule has 0 saturated carbocycles. The maximum atomic E-state index is 13.1. The van der Waals surface area contributed by atoms with Gasteiger partial charge in [0.15, 0.2) is 0 Å². The lowest BCUT2D eigenvalue weighted by molar-refractivity contribution is -0.146. The Bertz CT molecular complexity index is 311. The molecule has 0 amide bonds. The lowest BCUT2D eigenvalue weighted by atomic mass is 10.1. The average molecular weight is 184 g/mol. The first kappa shape index (κ1) is 9.51. The lowest BCUT2D eigenvalue weighted by Crippen LogP contribution is -2.09. The number of aromatic hydroxyl groups is 1. The van der Waals surface area contributed by atoms with Crippen LogP contribution >= 0.6 is 0 Å². The van der Waals surface area contributed by atoms with Crippen LogP contribution in [0.4, 0.5) is 4.39 Å². The zero-order valence-corrected chi connectivity index (χ0v) is 7.03. The number of ether oxygens (including phenoxy) is 1. The Labute approximate surface area is 74.8 Å². The van der Waals surface area contributed by atoms with E-state index >= 15 is 0 Å². The number of carbonyl (C=O) groups is 1. The van der Waals surface area contributed by atoms with E-state index in [9.17, 15) is 9.18 Å². The standard InChI is InChI=1S/C9H9FO3/c1-13-9(12)8(10)6-3-2-4-7(11)5-6/h2-5,8,11H,1H3. The second kappa shape index (κ2) is 3.89. The monoisotopic (exact) mass is 184 g/mol. The largest absolute Gasteiger partial charge is 0.508 e. The molecule has 0 aromatic heterocycles. The van der Waals surface area contributed by atoms with E-state index in [4.69, 9.17) is 5.11 Å². The van der Waals surface area contributed by atoms with Crippen molar-refractivity contribution < 1.29 is 19.0 Å². The van der Waals surface area contributed by atoms with Crippen LogP contribution in [0.15, 0.2) is 24.3 Å². The van der Waals surface area contributed by atoms with Gasteiger partial charge in [0.05, 0.1) is 7.11 Å². The summed E-state index contributed by atoms with van der Waals surface area (Å²) in [6.45, 7) is 0. The summed E-state index contributed by atoms with van der Waals surface area (Å²) in [6.07, 6.45) is -1.84. The Kier molecular flexibility index (Phi) is 2.84. The van der Waals surface area contributed by atoms with E-state index in [0.29, 0.717) is 0 Å². The summed E-state index contributed by atoms with van der Waals surface area (Å²) in [5, 5.41) is 9.00. The van der Waals surface area contributed by atoms with Gasteiger partial charge in [-0.3, -0.25) is 0 Å². The highest BCUT2D eigenvalue weighted by Crippen LogP contribution is 2.22. The molecule has 0 radical (unpaired) electrons. The molecule has 0 heterocycles. The van der Waals surface area contributed by atoms with E-state index in [-0.39, 0.29) is 11.3 Å². The summed E-state index contributed by atoms with van der Waals surface area (Å²) < 4.78 is 17.3. The van der Waals surface area contributed by atoms with Crippen LogP contribution in [0.3, 0.4) is 0 Å². The van der Waals surface area contributed by atoms with Gasteiger partial charge in [0.1, 0.15) is 5.75 Å². The Morgan fingerprint density at radius 1 is 1.62 bits per heavy atom. The van der Waals surface area contributed by atoms with E-state index in [1.54, 1.807) is 0 Å². The summed E-state index contributed by atoms with van der Waals surface area (Å²) in [6, 6.07) is 5.44. The molecule has 0 saturated heterocycles. The van der Waals surface area contributed by atoms with E-state index in [1.165, 1.54) is 24.3 Å². The fraction of sp³-hybridized carbons (Fsp3) is 0.222. The van der Waals surface area contributed by atoms with Crippen molar-refractivity contribution in [1.29, 1.82) is 0 Å². The highest BCUT2D eigenvalue weighted by molar-refractivity contribution is 5.76. The fourth-order valence-electron chi connectivity index (χ4n) is 0.922. The van der Waals surface area contributed by atoms with Crippen LogP contribution < -0.4 is 0 Å². The molecule has 1 atom stereocenters. The van der Waals surface area contributed by atoms with E-state index < -0.39 is 12.1 Å². The third kappa shape index (κ3) is 2.18. The third-order valence-electron chi connectivity index (χ3n) is 1.57.